The first kappa shape index (κ1) is 19.5. The molecule has 1 aliphatic rings. The van der Waals surface area contributed by atoms with Crippen LogP contribution in [0.25, 0.3) is 11.2 Å². The maximum atomic E-state index is 11.7. The number of nitrogens with two attached hydrogens (primary N) is 1. The van der Waals surface area contributed by atoms with Gasteiger partial charge in [-0.1, -0.05) is 0 Å². The first-order valence-corrected chi connectivity index (χ1v) is 8.34. The molecule has 12 nitrogen and oxygen atoms in total. The minimum absolute atomic E-state index is 0.166. The maximum Gasteiger partial charge on any atom is 0.303 e. The Hall–Kier alpha value is -3.28. The highest BCUT2D eigenvalue weighted by atomic mass is 16.7. The number of aromatic nitrogens is 4. The topological polar surface area (TPSA) is 158 Å². The Morgan fingerprint density at radius 3 is 2.39 bits per heavy atom. The second-order valence-corrected chi connectivity index (χ2v) is 6.10. The molecule has 0 radical (unpaired) electrons. The molecule has 0 bridgehead atoms. The number of anilines is 1. The van der Waals surface area contributed by atoms with Crippen molar-refractivity contribution in [1.82, 2.24) is 19.5 Å². The highest BCUT2D eigenvalue weighted by Gasteiger charge is 2.51. The van der Waals surface area contributed by atoms with Gasteiger partial charge in [0.2, 0.25) is 0 Å². The van der Waals surface area contributed by atoms with E-state index in [9.17, 15) is 14.4 Å². The monoisotopic (exact) mass is 394 g/mol. The third-order valence-corrected chi connectivity index (χ3v) is 4.00. The SMILES string of the molecule is CC(=O)OC[C@H]1O[13C@@H](n2cnc3c(N)ncnc32)[C@H](OC(C)=O)[C@@H]1OC(C)=O. The molecule has 0 amide bonds. The van der Waals surface area contributed by atoms with Gasteiger partial charge in [-0.15, -0.1) is 0 Å². The highest BCUT2D eigenvalue weighted by molar-refractivity contribution is 5.81. The lowest BCUT2D eigenvalue weighted by Gasteiger charge is -2.23. The van der Waals surface area contributed by atoms with Crippen LogP contribution in [0.3, 0.4) is 0 Å². The van der Waals surface area contributed by atoms with Crippen molar-refractivity contribution in [3.8, 4) is 0 Å². The summed E-state index contributed by atoms with van der Waals surface area (Å²) in [4.78, 5) is 46.6. The lowest BCUT2D eigenvalue weighted by molar-refractivity contribution is -0.166. The van der Waals surface area contributed by atoms with Crippen molar-refractivity contribution in [2.75, 3.05) is 12.3 Å². The zero-order chi connectivity index (χ0) is 20.4. The summed E-state index contributed by atoms with van der Waals surface area (Å²) in [5, 5.41) is 0. The predicted molar refractivity (Wildman–Crippen MR) is 91.4 cm³/mol. The minimum Gasteiger partial charge on any atom is -0.463 e. The third kappa shape index (κ3) is 3.86. The van der Waals surface area contributed by atoms with Crippen molar-refractivity contribution in [2.24, 2.45) is 0 Å². The van der Waals surface area contributed by atoms with Crippen molar-refractivity contribution in [1.29, 1.82) is 0 Å². The van der Waals surface area contributed by atoms with E-state index >= 15 is 0 Å². The molecule has 0 unspecified atom stereocenters. The normalized spacial score (nSPS) is 24.1. The van der Waals surface area contributed by atoms with E-state index in [1.807, 2.05) is 0 Å². The Morgan fingerprint density at radius 1 is 1.07 bits per heavy atom. The van der Waals surface area contributed by atoms with Crippen LogP contribution in [0.15, 0.2) is 12.7 Å². The maximum absolute atomic E-state index is 11.7. The molecule has 0 spiro atoms. The van der Waals surface area contributed by atoms with Crippen molar-refractivity contribution in [2.45, 2.75) is 45.3 Å². The van der Waals surface area contributed by atoms with Crippen molar-refractivity contribution >= 4 is 34.9 Å². The van der Waals surface area contributed by atoms with Gasteiger partial charge in [-0.05, 0) is 0 Å². The van der Waals surface area contributed by atoms with E-state index in [0.29, 0.717) is 11.2 Å². The molecule has 0 saturated carbocycles. The Labute approximate surface area is 158 Å². The Kier molecular flexibility index (Phi) is 5.40. The zero-order valence-electron chi connectivity index (χ0n) is 15.4. The Balaban J connectivity index is 2.01. The lowest BCUT2D eigenvalue weighted by atomic mass is 10.2. The van der Waals surface area contributed by atoms with Gasteiger partial charge in [-0.25, -0.2) is 15.0 Å². The van der Waals surface area contributed by atoms with E-state index in [0.717, 1.165) is 0 Å². The van der Waals surface area contributed by atoms with E-state index in [1.54, 1.807) is 0 Å². The number of ether oxygens (including phenoxy) is 4. The molecule has 3 heterocycles. The molecular weight excluding hydrogens is 375 g/mol. The number of carbonyl (C=O) groups excluding carboxylic acids is 3. The predicted octanol–water partition coefficient (Wildman–Crippen LogP) is -0.268. The standard InChI is InChI=1S/C16H19N5O7/c1-7(22)25-4-10-12(26-8(2)23)13(27-9(3)24)16(28-10)21-6-20-11-14(17)18-5-19-15(11)21/h5-6,10,12-13,16H,4H2,1-3H3,(H2,17,18,19)/t10-,12-,13-,16-/m1/s1/i16+1. The number of carbonyl (C=O) groups is 3. The summed E-state index contributed by atoms with van der Waals surface area (Å²) >= 11 is 0. The van der Waals surface area contributed by atoms with Crippen molar-refractivity contribution in [3.63, 3.8) is 0 Å². The van der Waals surface area contributed by atoms with E-state index < -0.39 is 42.4 Å². The second-order valence-electron chi connectivity index (χ2n) is 6.10. The van der Waals surface area contributed by atoms with Crippen LogP contribution in [0, 0.1) is 0 Å². The first-order valence-electron chi connectivity index (χ1n) is 8.34. The molecule has 1 aliphatic heterocycles. The van der Waals surface area contributed by atoms with Crippen LogP contribution in [-0.2, 0) is 33.3 Å². The van der Waals surface area contributed by atoms with Gasteiger partial charge in [-0.2, -0.15) is 0 Å². The van der Waals surface area contributed by atoms with E-state index in [4.69, 9.17) is 24.7 Å². The van der Waals surface area contributed by atoms with E-state index in [1.165, 1.54) is 38.0 Å². The van der Waals surface area contributed by atoms with Crippen LogP contribution in [0.5, 0.6) is 0 Å². The van der Waals surface area contributed by atoms with Crippen LogP contribution in [0.2, 0.25) is 0 Å². The van der Waals surface area contributed by atoms with Crippen LogP contribution in [0.1, 0.15) is 27.0 Å². The molecule has 12 heteroatoms. The van der Waals surface area contributed by atoms with Crippen LogP contribution >= 0.6 is 0 Å². The largest absolute Gasteiger partial charge is 0.463 e. The summed E-state index contributed by atoms with van der Waals surface area (Å²) in [5.41, 5.74) is 6.48. The summed E-state index contributed by atoms with van der Waals surface area (Å²) in [7, 11) is 0. The number of rotatable bonds is 5. The molecule has 150 valence electrons. The molecular formula is C16H19N5O7. The lowest BCUT2D eigenvalue weighted by Crippen LogP contribution is -2.40. The van der Waals surface area contributed by atoms with Gasteiger partial charge < -0.3 is 24.7 Å². The number of hydrogen-bond acceptors (Lipinski definition) is 11. The second kappa shape index (κ2) is 7.76. The fourth-order valence-electron chi connectivity index (χ4n) is 2.97. The molecule has 2 aromatic rings. The fourth-order valence-corrected chi connectivity index (χ4v) is 2.97. The summed E-state index contributed by atoms with van der Waals surface area (Å²) in [6.45, 7) is 3.46. The van der Waals surface area contributed by atoms with Crippen LogP contribution in [-0.4, -0.2) is 62.3 Å². The fraction of sp³-hybridized carbons (Fsp3) is 0.500. The third-order valence-electron chi connectivity index (χ3n) is 4.00. The number of nitrogens with zero attached hydrogens (tertiary/aromatic N) is 4. The van der Waals surface area contributed by atoms with Crippen LogP contribution < -0.4 is 5.73 Å². The quantitative estimate of drug-likeness (QED) is 0.404. The molecule has 0 aliphatic carbocycles. The molecule has 1 saturated heterocycles. The van der Waals surface area contributed by atoms with Gasteiger partial charge in [-0.3, -0.25) is 19.0 Å². The average Bonchev–Trinajstić information content (AvgIpc) is 3.16. The smallest absolute Gasteiger partial charge is 0.303 e. The molecule has 3 rings (SSSR count). The van der Waals surface area contributed by atoms with Gasteiger partial charge >= 0.3 is 17.9 Å². The van der Waals surface area contributed by atoms with Gasteiger partial charge in [0.05, 0.1) is 6.33 Å². The Morgan fingerprint density at radius 2 is 1.75 bits per heavy atom. The number of esters is 3. The van der Waals surface area contributed by atoms with E-state index in [-0.39, 0.29) is 12.4 Å². The van der Waals surface area contributed by atoms with Crippen molar-refractivity contribution in [3.05, 3.63) is 12.7 Å². The number of fused-ring (bicyclic) bond motifs is 1. The van der Waals surface area contributed by atoms with Gasteiger partial charge in [0.1, 0.15) is 24.6 Å². The molecule has 2 aromatic heterocycles. The number of nitrogen functional groups attached to an aromatic ring is 1. The number of hydrogen-bond donors (Lipinski definition) is 1. The summed E-state index contributed by atoms with van der Waals surface area (Å²) in [5.74, 6) is -1.59. The summed E-state index contributed by atoms with van der Waals surface area (Å²) in [6.07, 6.45) is -1.22. The van der Waals surface area contributed by atoms with E-state index in [2.05, 4.69) is 15.0 Å². The zero-order valence-corrected chi connectivity index (χ0v) is 15.4. The minimum atomic E-state index is -1.03. The van der Waals surface area contributed by atoms with Gasteiger partial charge in [0.25, 0.3) is 0 Å². The molecule has 0 aromatic carbocycles. The molecule has 28 heavy (non-hydrogen) atoms. The average molecular weight is 394 g/mol. The number of imidazole rings is 1. The van der Waals surface area contributed by atoms with Crippen LogP contribution in [0.4, 0.5) is 5.82 Å². The molecule has 1 fully saturated rings. The first-order chi connectivity index (χ1) is 13.3. The Bertz CT molecular complexity index is 914. The van der Waals surface area contributed by atoms with Gasteiger partial charge in [0.15, 0.2) is 29.9 Å². The van der Waals surface area contributed by atoms with Gasteiger partial charge in [0, 0.05) is 20.8 Å². The van der Waals surface area contributed by atoms with Crippen molar-refractivity contribution < 1.29 is 33.3 Å². The molecule has 4 atom stereocenters. The summed E-state index contributed by atoms with van der Waals surface area (Å²) in [6, 6.07) is 0. The summed E-state index contributed by atoms with van der Waals surface area (Å²) < 4.78 is 23.1. The molecule has 2 N–H and O–H groups in total. The highest BCUT2D eigenvalue weighted by Crippen LogP contribution is 2.36.